The van der Waals surface area contributed by atoms with Gasteiger partial charge in [-0.05, 0) is 25.4 Å². The molecule has 0 aromatic carbocycles. The Morgan fingerprint density at radius 1 is 1.41 bits per heavy atom. The number of nitrogen functional groups attached to an aromatic ring is 1. The lowest BCUT2D eigenvalue weighted by molar-refractivity contribution is 0.479. The maximum atomic E-state index is 5.82. The molecule has 7 heteroatoms. The summed E-state index contributed by atoms with van der Waals surface area (Å²) in [6.07, 6.45) is 1.65. The molecule has 0 saturated carbocycles. The minimum absolute atomic E-state index is 0.155. The first-order valence-electron chi connectivity index (χ1n) is 5.01. The molecule has 0 unspecified atom stereocenters. The molecule has 0 fully saturated rings. The van der Waals surface area contributed by atoms with Crippen LogP contribution >= 0.6 is 11.6 Å². The molecule has 6 nitrogen and oxygen atoms in total. The molecule has 0 atom stereocenters. The summed E-state index contributed by atoms with van der Waals surface area (Å²) < 4.78 is 5.31. The fourth-order valence-electron chi connectivity index (χ4n) is 1.32. The van der Waals surface area contributed by atoms with Crippen molar-refractivity contribution in [2.75, 3.05) is 11.1 Å². The number of anilines is 2. The minimum Gasteiger partial charge on any atom is -0.444 e. The molecule has 2 rings (SSSR count). The zero-order valence-electron chi connectivity index (χ0n) is 9.49. The van der Waals surface area contributed by atoms with Crippen LogP contribution in [0.2, 0.25) is 5.28 Å². The molecule has 0 aliphatic carbocycles. The van der Waals surface area contributed by atoms with Gasteiger partial charge in [-0.1, -0.05) is 0 Å². The number of hydrogen-bond acceptors (Lipinski definition) is 6. The lowest BCUT2D eigenvalue weighted by Gasteiger charge is -2.08. The fourth-order valence-corrected chi connectivity index (χ4v) is 1.54. The number of halogens is 1. The van der Waals surface area contributed by atoms with Gasteiger partial charge < -0.3 is 15.5 Å². The number of aromatic nitrogens is 3. The van der Waals surface area contributed by atoms with Crippen molar-refractivity contribution < 1.29 is 4.42 Å². The molecule has 2 aromatic heterocycles. The molecule has 2 aromatic rings. The number of nitrogens with zero attached hydrogens (tertiary/aromatic N) is 3. The third-order valence-electron chi connectivity index (χ3n) is 2.19. The molecule has 90 valence electrons. The average molecular weight is 254 g/mol. The number of nitrogens with two attached hydrogens (primary N) is 1. The highest BCUT2D eigenvalue weighted by atomic mass is 35.5. The summed E-state index contributed by atoms with van der Waals surface area (Å²) in [4.78, 5) is 12.0. The van der Waals surface area contributed by atoms with Gasteiger partial charge in [0, 0.05) is 0 Å². The highest BCUT2D eigenvalue weighted by molar-refractivity contribution is 6.28. The lowest BCUT2D eigenvalue weighted by atomic mass is 10.3. The van der Waals surface area contributed by atoms with E-state index in [1.807, 2.05) is 6.92 Å². The Kier molecular flexibility index (Phi) is 3.14. The Balaban J connectivity index is 2.14. The first-order valence-corrected chi connectivity index (χ1v) is 5.39. The maximum absolute atomic E-state index is 5.82. The van der Waals surface area contributed by atoms with Gasteiger partial charge in [0.15, 0.2) is 5.82 Å². The molecular formula is C10H12ClN5O. The second-order valence-electron chi connectivity index (χ2n) is 3.56. The van der Waals surface area contributed by atoms with Crippen molar-refractivity contribution in [2.45, 2.75) is 20.4 Å². The summed E-state index contributed by atoms with van der Waals surface area (Å²) in [6, 6.07) is 0. The van der Waals surface area contributed by atoms with Crippen LogP contribution in [0.1, 0.15) is 17.3 Å². The predicted octanol–water partition coefficient (Wildman–Crippen LogP) is 1.93. The molecule has 17 heavy (non-hydrogen) atoms. The van der Waals surface area contributed by atoms with E-state index in [9.17, 15) is 0 Å². The number of nitrogens with one attached hydrogen (secondary N) is 1. The van der Waals surface area contributed by atoms with Crippen LogP contribution in [-0.4, -0.2) is 15.0 Å². The zero-order chi connectivity index (χ0) is 12.4. The normalized spacial score (nSPS) is 10.5. The Hall–Kier alpha value is -1.82. The van der Waals surface area contributed by atoms with Crippen molar-refractivity contribution in [1.29, 1.82) is 0 Å². The van der Waals surface area contributed by atoms with Gasteiger partial charge in [0.2, 0.25) is 11.2 Å². The van der Waals surface area contributed by atoms with Crippen LogP contribution in [0.25, 0.3) is 0 Å². The van der Waals surface area contributed by atoms with Crippen LogP contribution in [0.15, 0.2) is 10.6 Å². The van der Waals surface area contributed by atoms with Crippen LogP contribution in [0.3, 0.4) is 0 Å². The molecule has 0 spiro atoms. The first-order chi connectivity index (χ1) is 8.06. The molecule has 2 heterocycles. The molecule has 0 amide bonds. The molecule has 0 radical (unpaired) electrons. The Labute approximate surface area is 103 Å². The van der Waals surface area contributed by atoms with Crippen LogP contribution in [0.4, 0.5) is 11.5 Å². The standard InChI is InChI=1S/C10H12ClN5O/c1-5-3-13-7(17-5)4-14-9-8(12)6(2)15-10(11)16-9/h3H,4,12H2,1-2H3,(H,14,15,16). The van der Waals surface area contributed by atoms with Gasteiger partial charge in [-0.2, -0.15) is 4.98 Å². The number of rotatable bonds is 3. The largest absolute Gasteiger partial charge is 0.444 e. The Morgan fingerprint density at radius 3 is 2.82 bits per heavy atom. The third kappa shape index (κ3) is 2.65. The topological polar surface area (TPSA) is 89.9 Å². The van der Waals surface area contributed by atoms with E-state index in [-0.39, 0.29) is 5.28 Å². The summed E-state index contributed by atoms with van der Waals surface area (Å²) >= 11 is 5.75. The van der Waals surface area contributed by atoms with Gasteiger partial charge in [0.05, 0.1) is 24.1 Å². The average Bonchev–Trinajstić information content (AvgIpc) is 2.67. The lowest BCUT2D eigenvalue weighted by Crippen LogP contribution is -2.07. The quantitative estimate of drug-likeness (QED) is 0.813. The second kappa shape index (κ2) is 4.58. The van der Waals surface area contributed by atoms with Gasteiger partial charge in [0.25, 0.3) is 0 Å². The summed E-state index contributed by atoms with van der Waals surface area (Å²) in [5.41, 5.74) is 6.93. The summed E-state index contributed by atoms with van der Waals surface area (Å²) in [5, 5.41) is 3.16. The van der Waals surface area contributed by atoms with Gasteiger partial charge in [-0.3, -0.25) is 0 Å². The zero-order valence-corrected chi connectivity index (χ0v) is 10.2. The maximum Gasteiger partial charge on any atom is 0.224 e. The van der Waals surface area contributed by atoms with Crippen molar-refractivity contribution in [2.24, 2.45) is 0 Å². The van der Waals surface area contributed by atoms with E-state index in [1.165, 1.54) is 0 Å². The molecular weight excluding hydrogens is 242 g/mol. The van der Waals surface area contributed by atoms with Crippen LogP contribution in [0, 0.1) is 13.8 Å². The summed E-state index contributed by atoms with van der Waals surface area (Å²) in [7, 11) is 0. The fraction of sp³-hybridized carbons (Fsp3) is 0.300. The predicted molar refractivity (Wildman–Crippen MR) is 64.8 cm³/mol. The minimum atomic E-state index is 0.155. The molecule has 0 aliphatic heterocycles. The van der Waals surface area contributed by atoms with Crippen LogP contribution in [0.5, 0.6) is 0 Å². The van der Waals surface area contributed by atoms with Crippen molar-refractivity contribution in [1.82, 2.24) is 15.0 Å². The second-order valence-corrected chi connectivity index (χ2v) is 3.90. The smallest absolute Gasteiger partial charge is 0.224 e. The highest BCUT2D eigenvalue weighted by Crippen LogP contribution is 2.21. The molecule has 0 bridgehead atoms. The monoisotopic (exact) mass is 253 g/mol. The van der Waals surface area contributed by atoms with Crippen molar-refractivity contribution in [3.63, 3.8) is 0 Å². The highest BCUT2D eigenvalue weighted by Gasteiger charge is 2.08. The summed E-state index contributed by atoms with van der Waals surface area (Å²) in [5.74, 6) is 1.80. The van der Waals surface area contributed by atoms with Crippen molar-refractivity contribution >= 4 is 23.1 Å². The van der Waals surface area contributed by atoms with Crippen molar-refractivity contribution in [3.05, 3.63) is 28.8 Å². The van der Waals surface area contributed by atoms with E-state index in [0.717, 1.165) is 5.76 Å². The van der Waals surface area contributed by atoms with E-state index < -0.39 is 0 Å². The molecule has 0 aliphatic rings. The Morgan fingerprint density at radius 2 is 2.18 bits per heavy atom. The van der Waals surface area contributed by atoms with E-state index in [0.29, 0.717) is 29.6 Å². The van der Waals surface area contributed by atoms with Gasteiger partial charge >= 0.3 is 0 Å². The van der Waals surface area contributed by atoms with Gasteiger partial charge in [0.1, 0.15) is 5.76 Å². The molecule has 3 N–H and O–H groups in total. The molecule has 0 saturated heterocycles. The SMILES string of the molecule is Cc1cnc(CNc2nc(Cl)nc(C)c2N)o1. The third-order valence-corrected chi connectivity index (χ3v) is 2.35. The summed E-state index contributed by atoms with van der Waals surface area (Å²) in [6.45, 7) is 3.99. The van der Waals surface area contributed by atoms with E-state index >= 15 is 0 Å². The van der Waals surface area contributed by atoms with Gasteiger partial charge in [-0.15, -0.1) is 0 Å². The van der Waals surface area contributed by atoms with E-state index in [1.54, 1.807) is 13.1 Å². The Bertz CT molecular complexity index is 539. The van der Waals surface area contributed by atoms with E-state index in [4.69, 9.17) is 21.8 Å². The number of aryl methyl sites for hydroxylation is 2. The van der Waals surface area contributed by atoms with E-state index in [2.05, 4.69) is 20.3 Å². The number of hydrogen-bond donors (Lipinski definition) is 2. The van der Waals surface area contributed by atoms with Crippen molar-refractivity contribution in [3.8, 4) is 0 Å². The number of oxazole rings is 1. The van der Waals surface area contributed by atoms with Crippen LogP contribution in [-0.2, 0) is 6.54 Å². The van der Waals surface area contributed by atoms with Gasteiger partial charge in [-0.25, -0.2) is 9.97 Å². The van der Waals surface area contributed by atoms with Crippen LogP contribution < -0.4 is 11.1 Å². The first kappa shape index (κ1) is 11.7.